The van der Waals surface area contributed by atoms with Gasteiger partial charge in [-0.2, -0.15) is 5.26 Å². The molecule has 0 amide bonds. The zero-order valence-corrected chi connectivity index (χ0v) is 8.65. The Labute approximate surface area is 88.6 Å². The zero-order chi connectivity index (χ0) is 11.3. The van der Waals surface area contributed by atoms with Crippen LogP contribution >= 0.6 is 0 Å². The van der Waals surface area contributed by atoms with Crippen LogP contribution in [0.25, 0.3) is 6.08 Å². The van der Waals surface area contributed by atoms with Crippen molar-refractivity contribution in [3.8, 4) is 6.07 Å². The Hall–Kier alpha value is -2.08. The molecule has 1 aromatic carbocycles. The highest BCUT2D eigenvalue weighted by atomic mass is 16.5. The van der Waals surface area contributed by atoms with E-state index in [1.54, 1.807) is 12.1 Å². The van der Waals surface area contributed by atoms with Gasteiger partial charge in [-0.3, -0.25) is 0 Å². The quantitative estimate of drug-likeness (QED) is 0.543. The number of ether oxygens (including phenoxy) is 1. The third-order valence-corrected chi connectivity index (χ3v) is 1.93. The number of hydrogen-bond donors (Lipinski definition) is 0. The van der Waals surface area contributed by atoms with Crippen molar-refractivity contribution in [2.45, 2.75) is 6.92 Å². The van der Waals surface area contributed by atoms with Crippen LogP contribution < -0.4 is 0 Å². The molecule has 0 unspecified atom stereocenters. The number of nitrogens with zero attached hydrogens (tertiary/aromatic N) is 1. The van der Waals surface area contributed by atoms with E-state index in [2.05, 4.69) is 10.8 Å². The first-order valence-corrected chi connectivity index (χ1v) is 4.44. The van der Waals surface area contributed by atoms with E-state index in [1.807, 2.05) is 19.1 Å². The van der Waals surface area contributed by atoms with Crippen LogP contribution in [0.15, 0.2) is 24.3 Å². The minimum atomic E-state index is -0.430. The first kappa shape index (κ1) is 11.0. The second kappa shape index (κ2) is 4.97. The molecule has 0 saturated carbocycles. The van der Waals surface area contributed by atoms with E-state index in [4.69, 9.17) is 5.26 Å². The summed E-state index contributed by atoms with van der Waals surface area (Å²) in [5.74, 6) is -0.430. The van der Waals surface area contributed by atoms with Gasteiger partial charge in [-0.15, -0.1) is 0 Å². The van der Waals surface area contributed by atoms with Crippen LogP contribution in [-0.2, 0) is 9.53 Å². The van der Waals surface area contributed by atoms with Gasteiger partial charge < -0.3 is 4.74 Å². The molecule has 3 heteroatoms. The molecule has 15 heavy (non-hydrogen) atoms. The number of hydrogen-bond acceptors (Lipinski definition) is 3. The number of carbonyl (C=O) groups excluding carboxylic acids is 1. The maximum atomic E-state index is 10.9. The zero-order valence-electron chi connectivity index (χ0n) is 8.65. The largest absolute Gasteiger partial charge is 0.466 e. The second-order valence-corrected chi connectivity index (χ2v) is 3.06. The molecule has 0 aromatic heterocycles. The molecule has 0 spiro atoms. The number of esters is 1. The maximum Gasteiger partial charge on any atom is 0.330 e. The van der Waals surface area contributed by atoms with Crippen LogP contribution in [-0.4, -0.2) is 13.1 Å². The number of methoxy groups -OCH3 is 1. The Morgan fingerprint density at radius 1 is 1.53 bits per heavy atom. The minimum absolute atomic E-state index is 0.430. The molecule has 0 atom stereocenters. The molecule has 0 saturated heterocycles. The van der Waals surface area contributed by atoms with Crippen molar-refractivity contribution in [2.24, 2.45) is 0 Å². The Bertz CT molecular complexity index is 441. The summed E-state index contributed by atoms with van der Waals surface area (Å²) in [4.78, 5) is 10.9. The predicted molar refractivity (Wildman–Crippen MR) is 56.9 cm³/mol. The molecule has 76 valence electrons. The van der Waals surface area contributed by atoms with Gasteiger partial charge in [-0.1, -0.05) is 17.7 Å². The number of benzene rings is 1. The lowest BCUT2D eigenvalue weighted by atomic mass is 10.1. The number of nitriles is 1. The summed E-state index contributed by atoms with van der Waals surface area (Å²) in [5.41, 5.74) is 2.31. The number of rotatable bonds is 2. The van der Waals surface area contributed by atoms with Gasteiger partial charge in [0, 0.05) is 6.08 Å². The van der Waals surface area contributed by atoms with Crippen molar-refractivity contribution >= 4 is 12.0 Å². The molecule has 1 aromatic rings. The Balaban J connectivity index is 3.03. The van der Waals surface area contributed by atoms with Crippen LogP contribution in [0.5, 0.6) is 0 Å². The summed E-state index contributed by atoms with van der Waals surface area (Å²) in [5, 5.41) is 8.83. The first-order chi connectivity index (χ1) is 7.17. The molecule has 0 fully saturated rings. The maximum absolute atomic E-state index is 10.9. The van der Waals surface area contributed by atoms with Crippen molar-refractivity contribution in [1.82, 2.24) is 0 Å². The normalized spacial score (nSPS) is 9.93. The van der Waals surface area contributed by atoms with Gasteiger partial charge in [0.2, 0.25) is 0 Å². The van der Waals surface area contributed by atoms with Gasteiger partial charge in [0.1, 0.15) is 0 Å². The lowest BCUT2D eigenvalue weighted by molar-refractivity contribution is -0.134. The lowest BCUT2D eigenvalue weighted by Crippen LogP contribution is -1.94. The summed E-state index contributed by atoms with van der Waals surface area (Å²) >= 11 is 0. The monoisotopic (exact) mass is 201 g/mol. The molecular formula is C12H11NO2. The first-order valence-electron chi connectivity index (χ1n) is 4.44. The molecule has 0 radical (unpaired) electrons. The summed E-state index contributed by atoms with van der Waals surface area (Å²) in [7, 11) is 1.31. The van der Waals surface area contributed by atoms with Gasteiger partial charge in [0.05, 0.1) is 18.7 Å². The molecule has 0 aliphatic carbocycles. The van der Waals surface area contributed by atoms with Crippen molar-refractivity contribution in [3.63, 3.8) is 0 Å². The fourth-order valence-electron chi connectivity index (χ4n) is 1.15. The van der Waals surface area contributed by atoms with Gasteiger partial charge in [0.15, 0.2) is 0 Å². The van der Waals surface area contributed by atoms with Crippen molar-refractivity contribution < 1.29 is 9.53 Å². The van der Waals surface area contributed by atoms with Crippen LogP contribution in [0.1, 0.15) is 16.7 Å². The van der Waals surface area contributed by atoms with Gasteiger partial charge >= 0.3 is 5.97 Å². The number of carbonyl (C=O) groups is 1. The molecular weight excluding hydrogens is 190 g/mol. The summed E-state index contributed by atoms with van der Waals surface area (Å²) in [6.07, 6.45) is 2.88. The van der Waals surface area contributed by atoms with E-state index in [0.717, 1.165) is 11.1 Å². The third-order valence-electron chi connectivity index (χ3n) is 1.93. The average molecular weight is 201 g/mol. The molecule has 3 nitrogen and oxygen atoms in total. The smallest absolute Gasteiger partial charge is 0.330 e. The number of aryl methyl sites for hydroxylation is 1. The summed E-state index contributed by atoms with van der Waals surface area (Å²) < 4.78 is 4.47. The highest BCUT2D eigenvalue weighted by Crippen LogP contribution is 2.12. The average Bonchev–Trinajstić information content (AvgIpc) is 2.26. The minimum Gasteiger partial charge on any atom is -0.466 e. The molecule has 0 N–H and O–H groups in total. The Morgan fingerprint density at radius 2 is 2.27 bits per heavy atom. The molecule has 1 rings (SSSR count). The summed E-state index contributed by atoms with van der Waals surface area (Å²) in [6, 6.07) is 7.49. The van der Waals surface area contributed by atoms with Crippen LogP contribution in [0.4, 0.5) is 0 Å². The van der Waals surface area contributed by atoms with Crippen LogP contribution in [0.2, 0.25) is 0 Å². The third kappa shape index (κ3) is 2.96. The molecule has 0 bridgehead atoms. The summed E-state index contributed by atoms with van der Waals surface area (Å²) in [6.45, 7) is 1.93. The van der Waals surface area contributed by atoms with E-state index >= 15 is 0 Å². The van der Waals surface area contributed by atoms with E-state index in [1.165, 1.54) is 13.2 Å². The van der Waals surface area contributed by atoms with Crippen LogP contribution in [0.3, 0.4) is 0 Å². The van der Waals surface area contributed by atoms with E-state index in [0.29, 0.717) is 5.56 Å². The van der Waals surface area contributed by atoms with Crippen molar-refractivity contribution in [2.75, 3.05) is 7.11 Å². The van der Waals surface area contributed by atoms with Gasteiger partial charge in [-0.25, -0.2) is 4.79 Å². The molecule has 0 heterocycles. The van der Waals surface area contributed by atoms with E-state index in [-0.39, 0.29) is 0 Å². The standard InChI is InChI=1S/C12H11NO2/c1-9-3-4-11(8-13)10(7-9)5-6-12(14)15-2/h3-7H,1-2H3. The SMILES string of the molecule is COC(=O)C=Cc1cc(C)ccc1C#N. The second-order valence-electron chi connectivity index (χ2n) is 3.06. The van der Waals surface area contributed by atoms with Crippen LogP contribution in [0, 0.1) is 18.3 Å². The van der Waals surface area contributed by atoms with Crippen molar-refractivity contribution in [3.05, 3.63) is 41.0 Å². The molecule has 0 aliphatic heterocycles. The highest BCUT2D eigenvalue weighted by Gasteiger charge is 1.99. The Kier molecular flexibility index (Phi) is 3.64. The highest BCUT2D eigenvalue weighted by molar-refractivity contribution is 5.87. The molecule has 0 aliphatic rings. The predicted octanol–water partition coefficient (Wildman–Crippen LogP) is 2.05. The fraction of sp³-hybridized carbons (Fsp3) is 0.167. The van der Waals surface area contributed by atoms with Gasteiger partial charge in [-0.05, 0) is 24.6 Å². The van der Waals surface area contributed by atoms with Crippen molar-refractivity contribution in [1.29, 1.82) is 5.26 Å². The topological polar surface area (TPSA) is 50.1 Å². The Morgan fingerprint density at radius 3 is 2.87 bits per heavy atom. The van der Waals surface area contributed by atoms with Gasteiger partial charge in [0.25, 0.3) is 0 Å². The fourth-order valence-corrected chi connectivity index (χ4v) is 1.15. The van der Waals surface area contributed by atoms with E-state index in [9.17, 15) is 4.79 Å². The lowest BCUT2D eigenvalue weighted by Gasteiger charge is -1.99. The van der Waals surface area contributed by atoms with E-state index < -0.39 is 5.97 Å².